The highest BCUT2D eigenvalue weighted by atomic mass is 16.6. The third kappa shape index (κ3) is 8.09. The predicted molar refractivity (Wildman–Crippen MR) is 166 cm³/mol. The van der Waals surface area contributed by atoms with Crippen LogP contribution in [0.3, 0.4) is 0 Å². The highest BCUT2D eigenvalue weighted by Gasteiger charge is 2.43. The van der Waals surface area contributed by atoms with E-state index >= 15 is 0 Å². The highest BCUT2D eigenvalue weighted by molar-refractivity contribution is 6.01. The van der Waals surface area contributed by atoms with Crippen LogP contribution in [-0.2, 0) is 14.3 Å². The lowest BCUT2D eigenvalue weighted by molar-refractivity contribution is -0.147. The van der Waals surface area contributed by atoms with Crippen LogP contribution in [0.1, 0.15) is 78.1 Å². The molecule has 0 spiro atoms. The number of alkyl carbamates (subject to hydrolysis) is 1. The van der Waals surface area contributed by atoms with E-state index in [1.165, 1.54) is 0 Å². The molecule has 0 aliphatic heterocycles. The number of anilines is 1. The summed E-state index contributed by atoms with van der Waals surface area (Å²) in [4.78, 5) is 43.1. The predicted octanol–water partition coefficient (Wildman–Crippen LogP) is 7.31. The van der Waals surface area contributed by atoms with Gasteiger partial charge in [0, 0.05) is 11.2 Å². The zero-order valence-corrected chi connectivity index (χ0v) is 26.1. The lowest BCUT2D eigenvalue weighted by Crippen LogP contribution is -2.59. The number of hydrogen-bond donors (Lipinski definition) is 2. The van der Waals surface area contributed by atoms with Gasteiger partial charge < -0.3 is 20.3 Å². The molecule has 0 fully saturated rings. The molecule has 0 heterocycles. The largest absolute Gasteiger partial charge is 0.444 e. The van der Waals surface area contributed by atoms with Crippen molar-refractivity contribution in [1.29, 1.82) is 0 Å². The van der Waals surface area contributed by atoms with Gasteiger partial charge in [-0.05, 0) is 95.3 Å². The maximum Gasteiger partial charge on any atom is 0.408 e. The van der Waals surface area contributed by atoms with Gasteiger partial charge in [0.15, 0.2) is 0 Å². The molecular formula is C34H45N3O4. The summed E-state index contributed by atoms with van der Waals surface area (Å²) in [5.41, 5.74) is 1.73. The van der Waals surface area contributed by atoms with Crippen LogP contribution in [0.4, 0.5) is 10.5 Å². The van der Waals surface area contributed by atoms with E-state index in [1.54, 1.807) is 25.7 Å². The summed E-state index contributed by atoms with van der Waals surface area (Å²) in [5.74, 6) is -0.961. The average Bonchev–Trinajstić information content (AvgIpc) is 2.85. The van der Waals surface area contributed by atoms with E-state index in [0.29, 0.717) is 5.69 Å². The molecule has 3 aromatic rings. The number of rotatable bonds is 7. The number of benzene rings is 3. The van der Waals surface area contributed by atoms with Gasteiger partial charge in [0.1, 0.15) is 17.7 Å². The minimum atomic E-state index is -0.962. The molecule has 2 atom stereocenters. The van der Waals surface area contributed by atoms with E-state index in [2.05, 4.69) is 10.6 Å². The van der Waals surface area contributed by atoms with Crippen LogP contribution in [0.15, 0.2) is 60.7 Å². The summed E-state index contributed by atoms with van der Waals surface area (Å²) in [6.07, 6.45) is -0.678. The number of hydrogen-bond acceptors (Lipinski definition) is 4. The number of amides is 3. The Kier molecular flexibility index (Phi) is 9.52. The molecule has 41 heavy (non-hydrogen) atoms. The maximum atomic E-state index is 14.5. The number of nitrogens with one attached hydrogen (secondary N) is 2. The monoisotopic (exact) mass is 559 g/mol. The van der Waals surface area contributed by atoms with Crippen LogP contribution in [-0.4, -0.2) is 40.0 Å². The fraction of sp³-hybridized carbons (Fsp3) is 0.441. The van der Waals surface area contributed by atoms with Crippen LogP contribution in [0.5, 0.6) is 0 Å². The summed E-state index contributed by atoms with van der Waals surface area (Å²) >= 11 is 0. The summed E-state index contributed by atoms with van der Waals surface area (Å²) < 4.78 is 5.48. The van der Waals surface area contributed by atoms with Gasteiger partial charge in [-0.15, -0.1) is 0 Å². The first-order valence-electron chi connectivity index (χ1n) is 14.2. The Morgan fingerprint density at radius 1 is 0.829 bits per heavy atom. The first-order valence-corrected chi connectivity index (χ1v) is 14.2. The Hall–Kier alpha value is -3.87. The van der Waals surface area contributed by atoms with Crippen molar-refractivity contribution in [2.45, 2.75) is 92.5 Å². The Labute approximate surface area is 244 Å². The van der Waals surface area contributed by atoms with Crippen molar-refractivity contribution in [3.8, 4) is 0 Å². The third-order valence-corrected chi connectivity index (χ3v) is 6.82. The van der Waals surface area contributed by atoms with E-state index < -0.39 is 29.3 Å². The van der Waals surface area contributed by atoms with Gasteiger partial charge in [-0.3, -0.25) is 9.59 Å². The summed E-state index contributed by atoms with van der Waals surface area (Å²) in [6.45, 7) is 18.6. The van der Waals surface area contributed by atoms with E-state index in [4.69, 9.17) is 4.74 Å². The van der Waals surface area contributed by atoms with Crippen molar-refractivity contribution in [3.05, 3.63) is 77.4 Å². The Morgan fingerprint density at radius 2 is 1.46 bits per heavy atom. The number of carbonyl (C=O) groups is 3. The second-order valence-corrected chi connectivity index (χ2v) is 13.1. The van der Waals surface area contributed by atoms with Crippen LogP contribution in [0.25, 0.3) is 10.8 Å². The Balaban J connectivity index is 2.11. The molecule has 7 nitrogen and oxygen atoms in total. The summed E-state index contributed by atoms with van der Waals surface area (Å²) in [7, 11) is 0. The van der Waals surface area contributed by atoms with Crippen molar-refractivity contribution >= 4 is 34.4 Å². The van der Waals surface area contributed by atoms with Crippen LogP contribution < -0.4 is 10.6 Å². The SMILES string of the molecule is Cc1ccc(C)c(C(C(=O)Nc2ccc3ccccc3c2)N(C(=O)C(NC(=O)OC(C)(C)C)C(C)C)C(C)(C)C)c1. The highest BCUT2D eigenvalue weighted by Crippen LogP contribution is 2.34. The quantitative estimate of drug-likeness (QED) is 0.318. The molecule has 0 aliphatic carbocycles. The Morgan fingerprint density at radius 3 is 2.05 bits per heavy atom. The van der Waals surface area contributed by atoms with Gasteiger partial charge in [0.25, 0.3) is 5.91 Å². The average molecular weight is 560 g/mol. The van der Waals surface area contributed by atoms with Crippen molar-refractivity contribution in [2.75, 3.05) is 5.32 Å². The lowest BCUT2D eigenvalue weighted by atomic mass is 9.90. The van der Waals surface area contributed by atoms with Gasteiger partial charge in [0.05, 0.1) is 0 Å². The van der Waals surface area contributed by atoms with E-state index in [0.717, 1.165) is 27.5 Å². The molecule has 2 N–H and O–H groups in total. The number of ether oxygens (including phenoxy) is 1. The fourth-order valence-corrected chi connectivity index (χ4v) is 4.87. The molecule has 3 amide bonds. The van der Waals surface area contributed by atoms with Gasteiger partial charge in [0.2, 0.25) is 5.91 Å². The normalized spacial score (nSPS) is 13.4. The molecule has 2 unspecified atom stereocenters. The second-order valence-electron chi connectivity index (χ2n) is 13.1. The smallest absolute Gasteiger partial charge is 0.408 e. The minimum Gasteiger partial charge on any atom is -0.444 e. The molecular weight excluding hydrogens is 514 g/mol. The van der Waals surface area contributed by atoms with Crippen LogP contribution in [0.2, 0.25) is 0 Å². The minimum absolute atomic E-state index is 0.261. The zero-order valence-electron chi connectivity index (χ0n) is 26.1. The van der Waals surface area contributed by atoms with Crippen LogP contribution >= 0.6 is 0 Å². The second kappa shape index (κ2) is 12.3. The molecule has 0 saturated heterocycles. The van der Waals surface area contributed by atoms with Crippen molar-refractivity contribution < 1.29 is 19.1 Å². The molecule has 0 aromatic heterocycles. The molecule has 7 heteroatoms. The summed E-state index contributed by atoms with van der Waals surface area (Å²) in [6, 6.07) is 17.7. The molecule has 0 radical (unpaired) electrons. The molecule has 0 bridgehead atoms. The van der Waals surface area contributed by atoms with Crippen molar-refractivity contribution in [2.24, 2.45) is 5.92 Å². The van der Waals surface area contributed by atoms with Gasteiger partial charge in [-0.2, -0.15) is 0 Å². The van der Waals surface area contributed by atoms with Crippen molar-refractivity contribution in [1.82, 2.24) is 10.2 Å². The van der Waals surface area contributed by atoms with Gasteiger partial charge >= 0.3 is 6.09 Å². The fourth-order valence-electron chi connectivity index (χ4n) is 4.87. The third-order valence-electron chi connectivity index (χ3n) is 6.82. The first kappa shape index (κ1) is 31.7. The summed E-state index contributed by atoms with van der Waals surface area (Å²) in [5, 5.41) is 7.93. The van der Waals surface area contributed by atoms with E-state index in [9.17, 15) is 14.4 Å². The number of carbonyl (C=O) groups excluding carboxylic acids is 3. The van der Waals surface area contributed by atoms with E-state index in [1.807, 2.05) is 109 Å². The lowest BCUT2D eigenvalue weighted by Gasteiger charge is -2.44. The van der Waals surface area contributed by atoms with Gasteiger partial charge in [-0.25, -0.2) is 4.79 Å². The zero-order chi connectivity index (χ0) is 30.7. The maximum absolute atomic E-state index is 14.5. The Bertz CT molecular complexity index is 1420. The molecule has 0 saturated carbocycles. The molecule has 3 aromatic carbocycles. The van der Waals surface area contributed by atoms with E-state index in [-0.39, 0.29) is 17.7 Å². The molecule has 220 valence electrons. The molecule has 0 aliphatic rings. The van der Waals surface area contributed by atoms with Gasteiger partial charge in [-0.1, -0.05) is 67.9 Å². The molecule has 3 rings (SSSR count). The van der Waals surface area contributed by atoms with Crippen molar-refractivity contribution in [3.63, 3.8) is 0 Å². The number of aryl methyl sites for hydroxylation is 2. The number of fused-ring (bicyclic) bond motifs is 1. The van der Waals surface area contributed by atoms with Crippen LogP contribution in [0, 0.1) is 19.8 Å². The standard InChI is InChI=1S/C34H45N3O4/c1-21(2)28(36-32(40)41-34(8,9)10)31(39)37(33(5,6)7)29(27-19-22(3)15-16-23(27)4)30(38)35-26-18-17-24-13-11-12-14-25(24)20-26/h11-21,28-29H,1-10H3,(H,35,38)(H,36,40). The number of nitrogens with zero attached hydrogens (tertiary/aromatic N) is 1. The topological polar surface area (TPSA) is 87.7 Å². The first-order chi connectivity index (χ1) is 19.0.